The highest BCUT2D eigenvalue weighted by molar-refractivity contribution is 7.59. The van der Waals surface area contributed by atoms with Crippen LogP contribution in [0.4, 0.5) is 0 Å². The van der Waals surface area contributed by atoms with Crippen molar-refractivity contribution < 1.29 is 23.1 Å². The molecular formula is C11H21O5P. The smallest absolute Gasteiger partial charge is 0.368 e. The van der Waals surface area contributed by atoms with Gasteiger partial charge in [0.05, 0.1) is 20.3 Å². The van der Waals surface area contributed by atoms with Crippen LogP contribution >= 0.6 is 7.60 Å². The van der Waals surface area contributed by atoms with E-state index in [0.29, 0.717) is 0 Å². The van der Waals surface area contributed by atoms with E-state index < -0.39 is 13.6 Å². The summed E-state index contributed by atoms with van der Waals surface area (Å²) >= 11 is 0. The van der Waals surface area contributed by atoms with Gasteiger partial charge in [-0.25, -0.2) is 4.79 Å². The molecule has 0 amide bonds. The molecule has 0 heterocycles. The summed E-state index contributed by atoms with van der Waals surface area (Å²) in [7, 11) is -2.33. The minimum absolute atomic E-state index is 0.0290. The van der Waals surface area contributed by atoms with Crippen molar-refractivity contribution in [1.82, 2.24) is 0 Å². The van der Waals surface area contributed by atoms with E-state index in [0.717, 1.165) is 0 Å². The molecule has 100 valence electrons. The number of hydrogen-bond acceptors (Lipinski definition) is 5. The molecule has 0 aromatic heterocycles. The van der Waals surface area contributed by atoms with Crippen LogP contribution in [0, 0.1) is 5.92 Å². The van der Waals surface area contributed by atoms with Crippen molar-refractivity contribution in [2.45, 2.75) is 27.7 Å². The Hall–Kier alpha value is -0.640. The maximum absolute atomic E-state index is 12.4. The Morgan fingerprint density at radius 3 is 2.00 bits per heavy atom. The number of rotatable bonds is 7. The third-order valence-electron chi connectivity index (χ3n) is 1.78. The molecule has 0 bridgehead atoms. The third-order valence-corrected chi connectivity index (χ3v) is 3.90. The zero-order valence-corrected chi connectivity index (χ0v) is 12.0. The first-order valence-electron chi connectivity index (χ1n) is 5.61. The molecule has 0 rings (SSSR count). The maximum atomic E-state index is 12.4. The van der Waals surface area contributed by atoms with Gasteiger partial charge in [0.15, 0.2) is 0 Å². The van der Waals surface area contributed by atoms with Crippen molar-refractivity contribution in [1.29, 1.82) is 0 Å². The number of methoxy groups -OCH3 is 1. The maximum Gasteiger partial charge on any atom is 0.368 e. The standard InChI is InChI=1S/C11H21O5P/c1-6-15-17(13,16-7-2)10(8-9(3)4)11(12)14-5/h8-9H,6-7H2,1-5H3. The molecule has 0 spiro atoms. The van der Waals surface area contributed by atoms with Crippen molar-refractivity contribution in [2.24, 2.45) is 5.92 Å². The minimum atomic E-state index is -3.57. The SMILES string of the molecule is CCOP(=O)(OCC)C(=CC(C)C)C(=O)OC. The number of ether oxygens (including phenoxy) is 1. The van der Waals surface area contributed by atoms with Crippen molar-refractivity contribution in [3.8, 4) is 0 Å². The predicted molar refractivity (Wildman–Crippen MR) is 65.8 cm³/mol. The fourth-order valence-electron chi connectivity index (χ4n) is 1.21. The molecule has 0 atom stereocenters. The van der Waals surface area contributed by atoms with Gasteiger partial charge in [0.25, 0.3) is 0 Å². The van der Waals surface area contributed by atoms with Crippen molar-refractivity contribution in [2.75, 3.05) is 20.3 Å². The Labute approximate surface area is 103 Å². The van der Waals surface area contributed by atoms with Crippen molar-refractivity contribution in [3.05, 3.63) is 11.4 Å². The molecule has 17 heavy (non-hydrogen) atoms. The first-order chi connectivity index (χ1) is 7.91. The van der Waals surface area contributed by atoms with Gasteiger partial charge >= 0.3 is 13.6 Å². The van der Waals surface area contributed by atoms with Crippen LogP contribution in [0.2, 0.25) is 0 Å². The van der Waals surface area contributed by atoms with Crippen LogP contribution in [0.25, 0.3) is 0 Å². The molecular weight excluding hydrogens is 243 g/mol. The van der Waals surface area contributed by atoms with E-state index >= 15 is 0 Å². The van der Waals surface area contributed by atoms with Gasteiger partial charge in [-0.3, -0.25) is 4.57 Å². The predicted octanol–water partition coefficient (Wildman–Crippen LogP) is 2.97. The number of hydrogen-bond donors (Lipinski definition) is 0. The van der Waals surface area contributed by atoms with Crippen LogP contribution < -0.4 is 0 Å². The Balaban J connectivity index is 5.37. The van der Waals surface area contributed by atoms with Crippen LogP contribution in [-0.4, -0.2) is 26.3 Å². The summed E-state index contributed by atoms with van der Waals surface area (Å²) in [6.45, 7) is 7.51. The zero-order valence-electron chi connectivity index (χ0n) is 11.1. The molecule has 5 nitrogen and oxygen atoms in total. The summed E-state index contributed by atoms with van der Waals surface area (Å²) < 4.78 is 27.3. The van der Waals surface area contributed by atoms with Crippen LogP contribution in [0.15, 0.2) is 11.4 Å². The molecule has 0 radical (unpaired) electrons. The molecule has 6 heteroatoms. The van der Waals surface area contributed by atoms with Gasteiger partial charge < -0.3 is 13.8 Å². The summed E-state index contributed by atoms with van der Waals surface area (Å²) in [6, 6.07) is 0. The Bertz CT molecular complexity index is 312. The van der Waals surface area contributed by atoms with Gasteiger partial charge in [0.1, 0.15) is 5.31 Å². The van der Waals surface area contributed by atoms with Gasteiger partial charge in [-0.1, -0.05) is 19.9 Å². The lowest BCUT2D eigenvalue weighted by Crippen LogP contribution is -2.10. The zero-order chi connectivity index (χ0) is 13.5. The topological polar surface area (TPSA) is 61.8 Å². The van der Waals surface area contributed by atoms with E-state index in [9.17, 15) is 9.36 Å². The highest BCUT2D eigenvalue weighted by Crippen LogP contribution is 2.56. The first-order valence-corrected chi connectivity index (χ1v) is 7.15. The van der Waals surface area contributed by atoms with Crippen molar-refractivity contribution in [3.63, 3.8) is 0 Å². The molecule has 0 N–H and O–H groups in total. The number of carbonyl (C=O) groups excluding carboxylic acids is 1. The lowest BCUT2D eigenvalue weighted by molar-refractivity contribution is -0.135. The first kappa shape index (κ1) is 16.4. The van der Waals surface area contributed by atoms with Crippen LogP contribution in [0.5, 0.6) is 0 Å². The lowest BCUT2D eigenvalue weighted by atomic mass is 10.2. The average Bonchev–Trinajstić information content (AvgIpc) is 2.25. The Morgan fingerprint density at radius 2 is 1.71 bits per heavy atom. The normalized spacial score (nSPS) is 12.9. The van der Waals surface area contributed by atoms with Crippen LogP contribution in [0.1, 0.15) is 27.7 Å². The van der Waals surface area contributed by atoms with E-state index in [2.05, 4.69) is 4.74 Å². The molecule has 0 fully saturated rings. The number of allylic oxidation sites excluding steroid dienone is 1. The second-order valence-corrected chi connectivity index (χ2v) is 5.61. The van der Waals surface area contributed by atoms with E-state index in [1.807, 2.05) is 13.8 Å². The monoisotopic (exact) mass is 264 g/mol. The summed E-state index contributed by atoms with van der Waals surface area (Å²) in [5.74, 6) is -0.637. The molecule has 0 saturated carbocycles. The number of esters is 1. The number of carbonyl (C=O) groups is 1. The van der Waals surface area contributed by atoms with Gasteiger partial charge in [-0.05, 0) is 19.8 Å². The second-order valence-electron chi connectivity index (χ2n) is 3.62. The van der Waals surface area contributed by atoms with E-state index in [1.54, 1.807) is 19.9 Å². The quantitative estimate of drug-likeness (QED) is 0.402. The molecule has 0 aliphatic rings. The fourth-order valence-corrected chi connectivity index (χ4v) is 3.04. The van der Waals surface area contributed by atoms with Gasteiger partial charge in [0, 0.05) is 0 Å². The Kier molecular flexibility index (Phi) is 7.35. The molecule has 0 aliphatic carbocycles. The molecule has 0 saturated heterocycles. The van der Waals surface area contributed by atoms with E-state index in [1.165, 1.54) is 7.11 Å². The van der Waals surface area contributed by atoms with E-state index in [-0.39, 0.29) is 24.4 Å². The highest BCUT2D eigenvalue weighted by atomic mass is 31.2. The summed E-state index contributed by atoms with van der Waals surface area (Å²) in [6.07, 6.45) is 1.55. The summed E-state index contributed by atoms with van der Waals surface area (Å²) in [5.41, 5.74) is 0. The molecule has 0 aliphatic heterocycles. The fraction of sp³-hybridized carbons (Fsp3) is 0.727. The van der Waals surface area contributed by atoms with Gasteiger partial charge in [-0.2, -0.15) is 0 Å². The van der Waals surface area contributed by atoms with Crippen LogP contribution in [-0.2, 0) is 23.1 Å². The largest absolute Gasteiger partial charge is 0.465 e. The molecule has 0 unspecified atom stereocenters. The highest BCUT2D eigenvalue weighted by Gasteiger charge is 2.35. The lowest BCUT2D eigenvalue weighted by Gasteiger charge is -2.19. The average molecular weight is 264 g/mol. The minimum Gasteiger partial charge on any atom is -0.465 e. The van der Waals surface area contributed by atoms with Crippen LogP contribution in [0.3, 0.4) is 0 Å². The van der Waals surface area contributed by atoms with E-state index in [4.69, 9.17) is 9.05 Å². The van der Waals surface area contributed by atoms with Gasteiger partial charge in [-0.15, -0.1) is 0 Å². The second kappa shape index (κ2) is 7.64. The summed E-state index contributed by atoms with van der Waals surface area (Å²) in [5, 5.41) is -0.0290. The van der Waals surface area contributed by atoms with Gasteiger partial charge in [0.2, 0.25) is 0 Å². The third kappa shape index (κ3) is 5.02. The molecule has 0 aromatic carbocycles. The molecule has 0 aromatic rings. The van der Waals surface area contributed by atoms with Crippen molar-refractivity contribution >= 4 is 13.6 Å². The summed E-state index contributed by atoms with van der Waals surface area (Å²) in [4.78, 5) is 11.6. The Morgan fingerprint density at radius 1 is 1.24 bits per heavy atom.